The van der Waals surface area contributed by atoms with E-state index in [0.29, 0.717) is 23.6 Å². The number of aliphatic hydroxyl groups excluding tert-OH is 2. The van der Waals surface area contributed by atoms with Crippen molar-refractivity contribution in [2.75, 3.05) is 6.54 Å². The molecule has 2 aliphatic rings. The summed E-state index contributed by atoms with van der Waals surface area (Å²) in [7, 11) is 0. The number of aliphatic hydroxyl groups is 2. The molecule has 1 aromatic carbocycles. The first-order valence-corrected chi connectivity index (χ1v) is 7.97. The van der Waals surface area contributed by atoms with Crippen LogP contribution in [0.15, 0.2) is 24.3 Å². The van der Waals surface area contributed by atoms with Crippen LogP contribution in [0.1, 0.15) is 42.9 Å². The van der Waals surface area contributed by atoms with Gasteiger partial charge in [-0.3, -0.25) is 4.90 Å². The summed E-state index contributed by atoms with van der Waals surface area (Å²) in [4.78, 5) is 2.75. The first kappa shape index (κ1) is 14.9. The Kier molecular flexibility index (Phi) is 4.26. The number of thiocarbonyl (C=S) groups is 1. The van der Waals surface area contributed by atoms with E-state index >= 15 is 0 Å². The quantitative estimate of drug-likeness (QED) is 0.733. The van der Waals surface area contributed by atoms with E-state index in [1.165, 1.54) is 0 Å². The van der Waals surface area contributed by atoms with Crippen molar-refractivity contribution in [3.8, 4) is 0 Å². The number of fused-ring (bicyclic) bond motifs is 2. The Morgan fingerprint density at radius 1 is 1.24 bits per heavy atom. The van der Waals surface area contributed by atoms with Crippen LogP contribution in [0.4, 0.5) is 0 Å². The van der Waals surface area contributed by atoms with Gasteiger partial charge in [-0.25, -0.2) is 0 Å². The van der Waals surface area contributed by atoms with Crippen LogP contribution in [0.2, 0.25) is 0 Å². The summed E-state index contributed by atoms with van der Waals surface area (Å²) in [6.45, 7) is 0.633. The molecule has 5 heteroatoms. The summed E-state index contributed by atoms with van der Waals surface area (Å²) in [6, 6.07) is 8.33. The van der Waals surface area contributed by atoms with Crippen molar-refractivity contribution in [3.05, 3.63) is 35.4 Å². The van der Waals surface area contributed by atoms with Gasteiger partial charge in [-0.2, -0.15) is 0 Å². The highest BCUT2D eigenvalue weighted by Crippen LogP contribution is 2.36. The van der Waals surface area contributed by atoms with Gasteiger partial charge in [0.05, 0.1) is 12.2 Å². The molecule has 2 bridgehead atoms. The molecule has 114 valence electrons. The fourth-order valence-corrected chi connectivity index (χ4v) is 3.85. The van der Waals surface area contributed by atoms with Gasteiger partial charge in [-0.15, -0.1) is 0 Å². The molecule has 2 aliphatic heterocycles. The maximum Gasteiger partial charge on any atom is 0.103 e. The maximum absolute atomic E-state index is 10.5. The van der Waals surface area contributed by atoms with E-state index in [1.807, 2.05) is 24.3 Å². The second-order valence-electron chi connectivity index (χ2n) is 6.21. The zero-order valence-corrected chi connectivity index (χ0v) is 12.8. The van der Waals surface area contributed by atoms with Crippen LogP contribution in [0.3, 0.4) is 0 Å². The lowest BCUT2D eigenvalue weighted by molar-refractivity contribution is 0.00800. The summed E-state index contributed by atoms with van der Waals surface area (Å²) >= 11 is 4.94. The summed E-state index contributed by atoms with van der Waals surface area (Å²) in [5.74, 6) is 0. The van der Waals surface area contributed by atoms with Gasteiger partial charge >= 0.3 is 0 Å². The average Bonchev–Trinajstić information content (AvgIpc) is 2.70. The van der Waals surface area contributed by atoms with Crippen molar-refractivity contribution in [1.29, 1.82) is 0 Å². The minimum atomic E-state index is -0.510. The van der Waals surface area contributed by atoms with Crippen molar-refractivity contribution in [1.82, 2.24) is 4.90 Å². The Balaban J connectivity index is 1.66. The number of hydrogen-bond acceptors (Lipinski definition) is 4. The molecular formula is C16H22N2O2S. The third-order valence-corrected chi connectivity index (χ3v) is 5.06. The molecule has 0 saturated carbocycles. The molecule has 21 heavy (non-hydrogen) atoms. The molecule has 3 unspecified atom stereocenters. The molecule has 0 spiro atoms. The molecule has 2 fully saturated rings. The highest BCUT2D eigenvalue weighted by molar-refractivity contribution is 7.80. The smallest absolute Gasteiger partial charge is 0.103 e. The Hall–Kier alpha value is -1.01. The molecule has 4 N–H and O–H groups in total. The van der Waals surface area contributed by atoms with E-state index in [2.05, 4.69) is 4.90 Å². The van der Waals surface area contributed by atoms with Crippen molar-refractivity contribution < 1.29 is 10.2 Å². The number of piperidine rings is 1. The first-order valence-electron chi connectivity index (χ1n) is 7.56. The predicted molar refractivity (Wildman–Crippen MR) is 86.0 cm³/mol. The fraction of sp³-hybridized carbons (Fsp3) is 0.562. The zero-order chi connectivity index (χ0) is 15.0. The number of hydrogen-bond donors (Lipinski definition) is 3. The summed E-state index contributed by atoms with van der Waals surface area (Å²) in [5, 5.41) is 20.3. The lowest BCUT2D eigenvalue weighted by atomic mass is 9.98. The van der Waals surface area contributed by atoms with E-state index in [9.17, 15) is 10.2 Å². The second kappa shape index (κ2) is 6.01. The summed E-state index contributed by atoms with van der Waals surface area (Å²) in [6.07, 6.45) is 3.26. The third kappa shape index (κ3) is 3.11. The topological polar surface area (TPSA) is 69.7 Å². The fourth-order valence-electron chi connectivity index (χ4n) is 3.72. The van der Waals surface area contributed by atoms with Gasteiger partial charge in [0, 0.05) is 24.2 Å². The van der Waals surface area contributed by atoms with Gasteiger partial charge in [-0.1, -0.05) is 36.5 Å². The van der Waals surface area contributed by atoms with Crippen molar-refractivity contribution in [2.24, 2.45) is 5.73 Å². The molecule has 3 atom stereocenters. The van der Waals surface area contributed by atoms with Gasteiger partial charge < -0.3 is 15.9 Å². The Morgan fingerprint density at radius 2 is 1.81 bits per heavy atom. The van der Waals surface area contributed by atoms with Gasteiger partial charge in [0.25, 0.3) is 0 Å². The second-order valence-corrected chi connectivity index (χ2v) is 6.65. The van der Waals surface area contributed by atoms with Gasteiger partial charge in [0.15, 0.2) is 0 Å². The van der Waals surface area contributed by atoms with Crippen LogP contribution in [0.5, 0.6) is 0 Å². The van der Waals surface area contributed by atoms with Crippen LogP contribution in [-0.2, 0) is 0 Å². The minimum absolute atomic E-state index is 0.166. The zero-order valence-electron chi connectivity index (χ0n) is 12.0. The molecule has 0 amide bonds. The molecule has 2 saturated heterocycles. The largest absolute Gasteiger partial charge is 0.393 e. The highest BCUT2D eigenvalue weighted by atomic mass is 32.1. The SMILES string of the molecule is NC(=S)c1ccc(C(O)CN2C3CCC2CC(O)C3)cc1. The standard InChI is InChI=1S/C16H22N2O2S/c17-16(21)11-3-1-10(2-4-11)15(20)9-18-12-5-6-13(18)8-14(19)7-12/h1-4,12-15,19-20H,5-9H2,(H2,17,21). The van der Waals surface area contributed by atoms with E-state index in [4.69, 9.17) is 18.0 Å². The van der Waals surface area contributed by atoms with Crippen LogP contribution < -0.4 is 5.73 Å². The third-order valence-electron chi connectivity index (χ3n) is 4.82. The normalized spacial score (nSPS) is 30.3. The predicted octanol–water partition coefficient (Wildman–Crippen LogP) is 1.34. The number of benzene rings is 1. The summed E-state index contributed by atoms with van der Waals surface area (Å²) < 4.78 is 0. The first-order chi connectivity index (χ1) is 10.0. The lowest BCUT2D eigenvalue weighted by Crippen LogP contribution is -2.46. The Morgan fingerprint density at radius 3 is 2.33 bits per heavy atom. The van der Waals surface area contributed by atoms with Crippen LogP contribution >= 0.6 is 12.2 Å². The van der Waals surface area contributed by atoms with E-state index in [-0.39, 0.29) is 6.10 Å². The van der Waals surface area contributed by atoms with Crippen molar-refractivity contribution in [3.63, 3.8) is 0 Å². The highest BCUT2D eigenvalue weighted by Gasteiger charge is 2.40. The monoisotopic (exact) mass is 306 g/mol. The molecule has 2 heterocycles. The van der Waals surface area contributed by atoms with E-state index in [0.717, 1.165) is 36.8 Å². The molecule has 0 aliphatic carbocycles. The van der Waals surface area contributed by atoms with Crippen LogP contribution in [0.25, 0.3) is 0 Å². The minimum Gasteiger partial charge on any atom is -0.393 e. The Labute approximate surface area is 130 Å². The van der Waals surface area contributed by atoms with Gasteiger partial charge in [0.2, 0.25) is 0 Å². The maximum atomic E-state index is 10.5. The lowest BCUT2D eigenvalue weighted by Gasteiger charge is -2.38. The summed E-state index contributed by atoms with van der Waals surface area (Å²) in [5.41, 5.74) is 7.29. The van der Waals surface area contributed by atoms with Gasteiger partial charge in [0.1, 0.15) is 4.99 Å². The molecule has 1 aromatic rings. The Bertz CT molecular complexity index is 506. The molecule has 0 radical (unpaired) electrons. The van der Waals surface area contributed by atoms with Crippen molar-refractivity contribution in [2.45, 2.75) is 50.0 Å². The molecule has 3 rings (SSSR count). The molecule has 4 nitrogen and oxygen atoms in total. The van der Waals surface area contributed by atoms with Crippen LogP contribution in [0, 0.1) is 0 Å². The number of nitrogens with zero attached hydrogens (tertiary/aromatic N) is 1. The van der Waals surface area contributed by atoms with E-state index in [1.54, 1.807) is 0 Å². The van der Waals surface area contributed by atoms with E-state index < -0.39 is 6.10 Å². The number of rotatable bonds is 4. The van der Waals surface area contributed by atoms with Crippen molar-refractivity contribution >= 4 is 17.2 Å². The molecule has 0 aromatic heterocycles. The average molecular weight is 306 g/mol. The van der Waals surface area contributed by atoms with Crippen LogP contribution in [-0.4, -0.2) is 44.8 Å². The molecular weight excluding hydrogens is 284 g/mol. The number of nitrogens with two attached hydrogens (primary N) is 1. The van der Waals surface area contributed by atoms with Gasteiger partial charge in [-0.05, 0) is 31.2 Å².